The summed E-state index contributed by atoms with van der Waals surface area (Å²) in [6.45, 7) is 2.66. The van der Waals surface area contributed by atoms with Crippen LogP contribution in [0.5, 0.6) is 0 Å². The maximum atomic E-state index is 12.2. The van der Waals surface area contributed by atoms with E-state index in [1.54, 1.807) is 6.92 Å². The summed E-state index contributed by atoms with van der Waals surface area (Å²) in [7, 11) is 0. The lowest BCUT2D eigenvalue weighted by Crippen LogP contribution is -2.50. The van der Waals surface area contributed by atoms with E-state index in [0.717, 1.165) is 5.56 Å². The number of nitrogens with one attached hydrogen (secondary N) is 2. The van der Waals surface area contributed by atoms with E-state index in [-0.39, 0.29) is 18.2 Å². The predicted molar refractivity (Wildman–Crippen MR) is 77.9 cm³/mol. The first-order chi connectivity index (χ1) is 9.90. The highest BCUT2D eigenvalue weighted by Crippen LogP contribution is 2.04. The fraction of sp³-hybridized carbons (Fsp3) is 0.400. The molecule has 0 bridgehead atoms. The third-order valence-corrected chi connectivity index (χ3v) is 3.07. The minimum atomic E-state index is -1.04. The molecular weight excluding hydrogens is 272 g/mol. The number of benzene rings is 1. The second kappa shape index (κ2) is 8.16. The van der Waals surface area contributed by atoms with Crippen molar-refractivity contribution in [3.8, 4) is 0 Å². The highest BCUT2D eigenvalue weighted by molar-refractivity contribution is 5.89. The second-order valence-electron chi connectivity index (χ2n) is 4.86. The predicted octanol–water partition coefficient (Wildman–Crippen LogP) is 0.366. The lowest BCUT2D eigenvalue weighted by atomic mass is 10.0. The van der Waals surface area contributed by atoms with Crippen LogP contribution in [0.25, 0.3) is 0 Å². The number of rotatable bonds is 8. The second-order valence-corrected chi connectivity index (χ2v) is 4.86. The van der Waals surface area contributed by atoms with E-state index in [4.69, 9.17) is 5.11 Å². The maximum absolute atomic E-state index is 12.2. The number of amides is 1. The van der Waals surface area contributed by atoms with Crippen LogP contribution < -0.4 is 10.6 Å². The van der Waals surface area contributed by atoms with Crippen LogP contribution in [0, 0.1) is 0 Å². The third-order valence-electron chi connectivity index (χ3n) is 3.07. The fourth-order valence-corrected chi connectivity index (χ4v) is 1.73. The monoisotopic (exact) mass is 292 g/mol. The van der Waals surface area contributed by atoms with Gasteiger partial charge in [-0.25, -0.2) is 0 Å². The van der Waals surface area contributed by atoms with Crippen molar-refractivity contribution in [1.29, 1.82) is 0 Å². The Labute approximate surface area is 123 Å². The Morgan fingerprint density at radius 1 is 1.19 bits per heavy atom. The van der Waals surface area contributed by atoms with Gasteiger partial charge in [0.05, 0.1) is 18.6 Å². The first kappa shape index (κ1) is 16.8. The van der Waals surface area contributed by atoms with E-state index in [2.05, 4.69) is 10.6 Å². The number of Topliss-reactive ketones (excluding diaryl/α,β-unsaturated/α-hetero) is 1. The van der Waals surface area contributed by atoms with Gasteiger partial charge >= 0.3 is 5.97 Å². The molecule has 0 aromatic heterocycles. The van der Waals surface area contributed by atoms with E-state index in [1.807, 2.05) is 30.3 Å². The van der Waals surface area contributed by atoms with Crippen molar-refractivity contribution in [2.45, 2.75) is 32.4 Å². The van der Waals surface area contributed by atoms with Gasteiger partial charge < -0.3 is 10.4 Å². The van der Waals surface area contributed by atoms with E-state index >= 15 is 0 Å². The summed E-state index contributed by atoms with van der Waals surface area (Å²) in [5.74, 6) is -1.58. The number of ketones is 1. The van der Waals surface area contributed by atoms with Crippen LogP contribution in [0.3, 0.4) is 0 Å². The molecule has 0 fully saturated rings. The fourth-order valence-electron chi connectivity index (χ4n) is 1.73. The number of carbonyl (C=O) groups excluding carboxylic acids is 2. The molecule has 0 spiro atoms. The van der Waals surface area contributed by atoms with E-state index < -0.39 is 18.1 Å². The van der Waals surface area contributed by atoms with Crippen molar-refractivity contribution in [1.82, 2.24) is 10.6 Å². The minimum Gasteiger partial charge on any atom is -0.480 e. The molecule has 1 aromatic rings. The van der Waals surface area contributed by atoms with Gasteiger partial charge in [0.1, 0.15) is 0 Å². The zero-order valence-corrected chi connectivity index (χ0v) is 12.1. The standard InChI is InChI=1S/C15H20N2O4/c1-10(11(2)18)17-15(21)13(16-9-14(19)20)8-12-6-4-3-5-7-12/h3-7,10,13,16H,8-9H2,1-2H3,(H,17,21)(H,19,20). The van der Waals surface area contributed by atoms with Crippen LogP contribution in [0.1, 0.15) is 19.4 Å². The SMILES string of the molecule is CC(=O)C(C)NC(=O)C(Cc1ccccc1)NCC(=O)O. The molecule has 0 aliphatic heterocycles. The normalized spacial score (nSPS) is 13.2. The summed E-state index contributed by atoms with van der Waals surface area (Å²) in [4.78, 5) is 34.0. The molecule has 6 nitrogen and oxygen atoms in total. The van der Waals surface area contributed by atoms with Crippen molar-refractivity contribution < 1.29 is 19.5 Å². The number of carboxylic acid groups (broad SMARTS) is 1. The first-order valence-corrected chi connectivity index (χ1v) is 6.70. The summed E-state index contributed by atoms with van der Waals surface area (Å²) < 4.78 is 0. The van der Waals surface area contributed by atoms with Crippen molar-refractivity contribution in [3.05, 3.63) is 35.9 Å². The summed E-state index contributed by atoms with van der Waals surface area (Å²) in [6, 6.07) is 7.97. The zero-order valence-electron chi connectivity index (χ0n) is 12.1. The smallest absolute Gasteiger partial charge is 0.317 e. The van der Waals surface area contributed by atoms with Crippen molar-refractivity contribution in [3.63, 3.8) is 0 Å². The lowest BCUT2D eigenvalue weighted by molar-refractivity contribution is -0.136. The third kappa shape index (κ3) is 6.18. The molecule has 0 radical (unpaired) electrons. The molecule has 0 aliphatic rings. The minimum absolute atomic E-state index is 0.153. The lowest BCUT2D eigenvalue weighted by Gasteiger charge is -2.19. The van der Waals surface area contributed by atoms with Gasteiger partial charge in [0.15, 0.2) is 5.78 Å². The molecule has 2 atom stereocenters. The quantitative estimate of drug-likeness (QED) is 0.643. The van der Waals surface area contributed by atoms with E-state index in [1.165, 1.54) is 6.92 Å². The van der Waals surface area contributed by atoms with Crippen molar-refractivity contribution in [2.24, 2.45) is 0 Å². The summed E-state index contributed by atoms with van der Waals surface area (Å²) >= 11 is 0. The van der Waals surface area contributed by atoms with Gasteiger partial charge in [-0.15, -0.1) is 0 Å². The average Bonchev–Trinajstić information content (AvgIpc) is 2.44. The van der Waals surface area contributed by atoms with Gasteiger partial charge in [-0.3, -0.25) is 19.7 Å². The molecule has 0 heterocycles. The molecule has 1 rings (SSSR count). The number of hydrogen-bond acceptors (Lipinski definition) is 4. The number of hydrogen-bond donors (Lipinski definition) is 3. The molecule has 1 amide bonds. The first-order valence-electron chi connectivity index (χ1n) is 6.70. The number of carboxylic acids is 1. The largest absolute Gasteiger partial charge is 0.480 e. The summed E-state index contributed by atoms with van der Waals surface area (Å²) in [5.41, 5.74) is 0.908. The van der Waals surface area contributed by atoms with Gasteiger partial charge in [0, 0.05) is 0 Å². The Morgan fingerprint density at radius 3 is 2.33 bits per heavy atom. The molecular formula is C15H20N2O4. The van der Waals surface area contributed by atoms with Gasteiger partial charge in [-0.2, -0.15) is 0 Å². The Balaban J connectivity index is 2.73. The molecule has 2 unspecified atom stereocenters. The van der Waals surface area contributed by atoms with Gasteiger partial charge in [0.25, 0.3) is 0 Å². The van der Waals surface area contributed by atoms with Crippen molar-refractivity contribution in [2.75, 3.05) is 6.54 Å². The average molecular weight is 292 g/mol. The molecule has 0 saturated carbocycles. The Morgan fingerprint density at radius 2 is 1.81 bits per heavy atom. The summed E-state index contributed by atoms with van der Waals surface area (Å²) in [5, 5.41) is 14.0. The topological polar surface area (TPSA) is 95.5 Å². The zero-order chi connectivity index (χ0) is 15.8. The Kier molecular flexibility index (Phi) is 6.55. The molecule has 0 saturated heterocycles. The Bertz CT molecular complexity index is 502. The van der Waals surface area contributed by atoms with E-state index in [9.17, 15) is 14.4 Å². The molecule has 1 aromatic carbocycles. The van der Waals surface area contributed by atoms with Crippen LogP contribution in [-0.4, -0.2) is 41.4 Å². The van der Waals surface area contributed by atoms with Gasteiger partial charge in [0.2, 0.25) is 5.91 Å². The van der Waals surface area contributed by atoms with Crippen LogP contribution in [0.2, 0.25) is 0 Å². The van der Waals surface area contributed by atoms with Gasteiger partial charge in [-0.1, -0.05) is 30.3 Å². The highest BCUT2D eigenvalue weighted by Gasteiger charge is 2.22. The molecule has 3 N–H and O–H groups in total. The Hall–Kier alpha value is -2.21. The highest BCUT2D eigenvalue weighted by atomic mass is 16.4. The maximum Gasteiger partial charge on any atom is 0.317 e. The van der Waals surface area contributed by atoms with Crippen LogP contribution >= 0.6 is 0 Å². The van der Waals surface area contributed by atoms with Crippen LogP contribution in [0.15, 0.2) is 30.3 Å². The molecule has 21 heavy (non-hydrogen) atoms. The number of aliphatic carboxylic acids is 1. The molecule has 114 valence electrons. The molecule has 0 aliphatic carbocycles. The van der Waals surface area contributed by atoms with Gasteiger partial charge in [-0.05, 0) is 25.8 Å². The van der Waals surface area contributed by atoms with Crippen LogP contribution in [-0.2, 0) is 20.8 Å². The summed E-state index contributed by atoms with van der Waals surface area (Å²) in [6.07, 6.45) is 0.352. The van der Waals surface area contributed by atoms with E-state index in [0.29, 0.717) is 6.42 Å². The number of carbonyl (C=O) groups is 3. The van der Waals surface area contributed by atoms with Crippen LogP contribution in [0.4, 0.5) is 0 Å². The molecule has 6 heteroatoms. The van der Waals surface area contributed by atoms with Crippen molar-refractivity contribution >= 4 is 17.7 Å².